The lowest BCUT2D eigenvalue weighted by atomic mass is 10.3. The van der Waals surface area contributed by atoms with Gasteiger partial charge in [-0.25, -0.2) is 0 Å². The fourth-order valence-corrected chi connectivity index (χ4v) is 0.494. The molecule has 0 saturated carbocycles. The standard InChI is InChI=1S/C4H6Cl4/c1-3(6)4(7,8)2-5/h3H,2H2,1H3. The molecule has 4 heteroatoms. The van der Waals surface area contributed by atoms with Crippen molar-refractivity contribution in [3.63, 3.8) is 0 Å². The lowest BCUT2D eigenvalue weighted by Gasteiger charge is -2.17. The molecule has 0 heterocycles. The Kier molecular flexibility index (Phi) is 3.85. The summed E-state index contributed by atoms with van der Waals surface area (Å²) in [4.78, 5) is 0. The summed E-state index contributed by atoms with van der Waals surface area (Å²) in [5.74, 6) is 0.154. The molecule has 0 radical (unpaired) electrons. The summed E-state index contributed by atoms with van der Waals surface area (Å²) in [6, 6.07) is 0. The highest BCUT2D eigenvalue weighted by Crippen LogP contribution is 2.29. The van der Waals surface area contributed by atoms with E-state index < -0.39 is 4.33 Å². The van der Waals surface area contributed by atoms with E-state index in [1.165, 1.54) is 0 Å². The molecule has 0 spiro atoms. The molecule has 0 fully saturated rings. The Morgan fingerprint density at radius 1 is 1.50 bits per heavy atom. The van der Waals surface area contributed by atoms with Gasteiger partial charge in [-0.05, 0) is 6.92 Å². The molecular weight excluding hydrogens is 190 g/mol. The Hall–Kier alpha value is 1.16. The van der Waals surface area contributed by atoms with E-state index in [-0.39, 0.29) is 11.3 Å². The minimum absolute atomic E-state index is 0.154. The zero-order chi connectivity index (χ0) is 6.78. The van der Waals surface area contributed by atoms with E-state index in [0.717, 1.165) is 0 Å². The van der Waals surface area contributed by atoms with Gasteiger partial charge in [0, 0.05) is 0 Å². The van der Waals surface area contributed by atoms with Crippen LogP contribution >= 0.6 is 46.4 Å². The topological polar surface area (TPSA) is 0 Å². The molecule has 0 aromatic rings. The fourth-order valence-electron chi connectivity index (χ4n) is 0.106. The summed E-state index contributed by atoms with van der Waals surface area (Å²) in [5.41, 5.74) is 0. The van der Waals surface area contributed by atoms with Gasteiger partial charge < -0.3 is 0 Å². The Bertz CT molecular complexity index is 68.4. The van der Waals surface area contributed by atoms with Gasteiger partial charge in [0.05, 0.1) is 11.3 Å². The van der Waals surface area contributed by atoms with Crippen molar-refractivity contribution < 1.29 is 0 Å². The predicted octanol–water partition coefficient (Wildman–Crippen LogP) is 3.03. The maximum Gasteiger partial charge on any atom is 0.147 e. The predicted molar refractivity (Wildman–Crippen MR) is 40.5 cm³/mol. The summed E-state index contributed by atoms with van der Waals surface area (Å²) in [6.07, 6.45) is 0. The fraction of sp³-hybridized carbons (Fsp3) is 1.00. The van der Waals surface area contributed by atoms with Crippen LogP contribution in [0, 0.1) is 0 Å². The molecule has 0 aliphatic carbocycles. The number of halogens is 4. The van der Waals surface area contributed by atoms with E-state index >= 15 is 0 Å². The monoisotopic (exact) mass is 194 g/mol. The molecule has 0 nitrogen and oxygen atoms in total. The van der Waals surface area contributed by atoms with Crippen LogP contribution in [0.25, 0.3) is 0 Å². The highest BCUT2D eigenvalue weighted by molar-refractivity contribution is 6.54. The van der Waals surface area contributed by atoms with E-state index in [1.807, 2.05) is 0 Å². The van der Waals surface area contributed by atoms with Crippen molar-refractivity contribution in [3.8, 4) is 0 Å². The largest absolute Gasteiger partial charge is 0.147 e. The normalized spacial score (nSPS) is 16.1. The summed E-state index contributed by atoms with van der Waals surface area (Å²) >= 11 is 22.0. The van der Waals surface area contributed by atoms with Gasteiger partial charge in [-0.3, -0.25) is 0 Å². The first-order valence-electron chi connectivity index (χ1n) is 2.08. The van der Waals surface area contributed by atoms with Gasteiger partial charge in [0.15, 0.2) is 0 Å². The van der Waals surface area contributed by atoms with Crippen molar-refractivity contribution in [3.05, 3.63) is 0 Å². The van der Waals surface area contributed by atoms with Crippen LogP contribution in [0.4, 0.5) is 0 Å². The highest BCUT2D eigenvalue weighted by atomic mass is 35.5. The Morgan fingerprint density at radius 3 is 1.88 bits per heavy atom. The lowest BCUT2D eigenvalue weighted by molar-refractivity contribution is 0.838. The zero-order valence-corrected chi connectivity index (χ0v) is 7.32. The van der Waals surface area contributed by atoms with Gasteiger partial charge in [0.25, 0.3) is 0 Å². The molecule has 0 aromatic heterocycles. The Balaban J connectivity index is 3.71. The summed E-state index contributed by atoms with van der Waals surface area (Å²) in [5, 5.41) is -0.316. The van der Waals surface area contributed by atoms with Gasteiger partial charge >= 0.3 is 0 Å². The SMILES string of the molecule is CC(Cl)C(Cl)(Cl)CCl. The molecule has 0 bridgehead atoms. The minimum Gasteiger partial charge on any atom is -0.123 e. The number of alkyl halides is 4. The van der Waals surface area contributed by atoms with Crippen molar-refractivity contribution >= 4 is 46.4 Å². The van der Waals surface area contributed by atoms with Crippen LogP contribution in [0.5, 0.6) is 0 Å². The zero-order valence-electron chi connectivity index (χ0n) is 4.30. The van der Waals surface area contributed by atoms with E-state index in [4.69, 9.17) is 46.4 Å². The average Bonchev–Trinajstić information content (AvgIpc) is 1.67. The van der Waals surface area contributed by atoms with Crippen LogP contribution < -0.4 is 0 Å². The third-order valence-electron chi connectivity index (χ3n) is 0.760. The first kappa shape index (κ1) is 9.16. The van der Waals surface area contributed by atoms with Gasteiger partial charge in [-0.15, -0.1) is 23.2 Å². The van der Waals surface area contributed by atoms with Crippen LogP contribution in [-0.4, -0.2) is 15.6 Å². The van der Waals surface area contributed by atoms with Crippen LogP contribution in [0.1, 0.15) is 6.92 Å². The van der Waals surface area contributed by atoms with E-state index in [9.17, 15) is 0 Å². The lowest BCUT2D eigenvalue weighted by Crippen LogP contribution is -2.25. The van der Waals surface area contributed by atoms with Crippen molar-refractivity contribution in [1.29, 1.82) is 0 Å². The molecule has 1 atom stereocenters. The Morgan fingerprint density at radius 2 is 1.88 bits per heavy atom. The van der Waals surface area contributed by atoms with Crippen molar-refractivity contribution in [2.75, 3.05) is 5.88 Å². The summed E-state index contributed by atoms with van der Waals surface area (Å²) in [7, 11) is 0. The molecule has 0 aliphatic rings. The minimum atomic E-state index is -0.983. The molecule has 8 heavy (non-hydrogen) atoms. The molecule has 50 valence electrons. The molecule has 0 rings (SSSR count). The number of hydrogen-bond donors (Lipinski definition) is 0. The molecular formula is C4H6Cl4. The van der Waals surface area contributed by atoms with E-state index in [0.29, 0.717) is 0 Å². The third-order valence-corrected chi connectivity index (χ3v) is 2.97. The smallest absolute Gasteiger partial charge is 0.123 e. The van der Waals surface area contributed by atoms with Crippen LogP contribution in [0.15, 0.2) is 0 Å². The maximum absolute atomic E-state index is 5.56. The van der Waals surface area contributed by atoms with Crippen molar-refractivity contribution in [2.45, 2.75) is 16.6 Å². The molecule has 0 amide bonds. The van der Waals surface area contributed by atoms with Gasteiger partial charge in [0.1, 0.15) is 4.33 Å². The van der Waals surface area contributed by atoms with E-state index in [1.54, 1.807) is 6.92 Å². The first-order valence-corrected chi connectivity index (χ1v) is 3.81. The van der Waals surface area contributed by atoms with E-state index in [2.05, 4.69) is 0 Å². The van der Waals surface area contributed by atoms with Crippen LogP contribution in [-0.2, 0) is 0 Å². The van der Waals surface area contributed by atoms with Gasteiger partial charge in [0.2, 0.25) is 0 Å². The highest BCUT2D eigenvalue weighted by Gasteiger charge is 2.28. The van der Waals surface area contributed by atoms with Gasteiger partial charge in [-0.2, -0.15) is 0 Å². The maximum atomic E-state index is 5.56. The second-order valence-corrected chi connectivity index (χ2v) is 3.97. The molecule has 0 saturated heterocycles. The van der Waals surface area contributed by atoms with Crippen molar-refractivity contribution in [2.24, 2.45) is 0 Å². The first-order chi connectivity index (χ1) is 3.50. The summed E-state index contributed by atoms with van der Waals surface area (Å²) < 4.78 is -0.983. The molecule has 0 N–H and O–H groups in total. The third kappa shape index (κ3) is 2.63. The second-order valence-electron chi connectivity index (χ2n) is 1.51. The van der Waals surface area contributed by atoms with Gasteiger partial charge in [-0.1, -0.05) is 23.2 Å². The number of hydrogen-bond acceptors (Lipinski definition) is 0. The quantitative estimate of drug-likeness (QED) is 0.595. The van der Waals surface area contributed by atoms with Crippen molar-refractivity contribution in [1.82, 2.24) is 0 Å². The van der Waals surface area contributed by atoms with Crippen LogP contribution in [0.2, 0.25) is 0 Å². The summed E-state index contributed by atoms with van der Waals surface area (Å²) in [6.45, 7) is 1.70. The number of rotatable bonds is 2. The average molecular weight is 196 g/mol. The second kappa shape index (κ2) is 3.36. The Labute approximate surface area is 69.0 Å². The molecule has 0 aromatic carbocycles. The molecule has 0 aliphatic heterocycles. The molecule has 1 unspecified atom stereocenters. The van der Waals surface area contributed by atoms with Crippen LogP contribution in [0.3, 0.4) is 0 Å².